The van der Waals surface area contributed by atoms with Crippen LogP contribution in [0.15, 0.2) is 48.5 Å². The Hall–Kier alpha value is -2.28. The van der Waals surface area contributed by atoms with Crippen molar-refractivity contribution in [3.63, 3.8) is 0 Å². The zero-order valence-corrected chi connectivity index (χ0v) is 24.1. The summed E-state index contributed by atoms with van der Waals surface area (Å²) in [7, 11) is 0. The Morgan fingerprint density at radius 2 is 1.11 bits per heavy atom. The molecule has 4 aromatic carbocycles. The fourth-order valence-corrected chi connectivity index (χ4v) is 6.22. The molecule has 4 rings (SSSR count). The number of carbonyl (C=O) groups excluding carboxylic acids is 2. The average molecular weight is 710 g/mol. The smallest absolute Gasteiger partial charge is 0.189 e. The summed E-state index contributed by atoms with van der Waals surface area (Å²) in [6.07, 6.45) is 1.71. The van der Waals surface area contributed by atoms with Gasteiger partial charge in [-0.2, -0.15) is 0 Å². The van der Waals surface area contributed by atoms with Crippen molar-refractivity contribution in [1.29, 1.82) is 0 Å². The maximum Gasteiger partial charge on any atom is 0.189 e. The van der Waals surface area contributed by atoms with Crippen molar-refractivity contribution in [2.45, 2.75) is 13.8 Å². The Labute approximate surface area is 236 Å². The lowest BCUT2D eigenvalue weighted by molar-refractivity contribution is 0.0210. The molecule has 6 nitrogen and oxygen atoms in total. The number of halogens is 2. The summed E-state index contributed by atoms with van der Waals surface area (Å²) >= 11 is 4.45. The van der Waals surface area contributed by atoms with Crippen LogP contribution in [-0.4, -0.2) is 39.4 Å². The van der Waals surface area contributed by atoms with Gasteiger partial charge >= 0.3 is 0 Å². The zero-order chi connectivity index (χ0) is 25.7. The van der Waals surface area contributed by atoms with Crippen molar-refractivity contribution in [2.24, 2.45) is 0 Å². The van der Waals surface area contributed by atoms with Gasteiger partial charge in [0, 0.05) is 46.2 Å². The molecule has 0 aliphatic rings. The van der Waals surface area contributed by atoms with Gasteiger partial charge in [0.15, 0.2) is 26.2 Å². The molecule has 8 heteroatoms. The van der Waals surface area contributed by atoms with E-state index in [1.807, 2.05) is 50.2 Å². The van der Waals surface area contributed by atoms with E-state index in [-0.39, 0.29) is 13.6 Å². The van der Waals surface area contributed by atoms with Crippen LogP contribution in [0, 0.1) is 7.14 Å². The zero-order valence-electron chi connectivity index (χ0n) is 19.8. The molecule has 0 atom stereocenters. The minimum absolute atomic E-state index is 0.0589. The normalized spacial score (nSPS) is 11.1. The standard InChI is InChI=1S/C28H24I2O6/c1-3-33-15-35-27-21(11-17-7-5-9-19(13-31)23(17)25(27)29)22-12-18-8-6-10-20(14-32)24(18)26(30)28(22)36-16-34-4-2/h5-14H,3-4,15-16H2,1-2H3. The topological polar surface area (TPSA) is 71.1 Å². The van der Waals surface area contributed by atoms with Crippen molar-refractivity contribution in [1.82, 2.24) is 0 Å². The van der Waals surface area contributed by atoms with Crippen LogP contribution in [0.3, 0.4) is 0 Å². The first kappa shape index (κ1) is 26.8. The summed E-state index contributed by atoms with van der Waals surface area (Å²) in [6.45, 7) is 4.92. The molecule has 0 aliphatic heterocycles. The second-order valence-electron chi connectivity index (χ2n) is 7.77. The number of hydrogen-bond acceptors (Lipinski definition) is 6. The highest BCUT2D eigenvalue weighted by molar-refractivity contribution is 14.1. The van der Waals surface area contributed by atoms with E-state index in [2.05, 4.69) is 45.2 Å². The largest absolute Gasteiger partial charge is 0.466 e. The van der Waals surface area contributed by atoms with E-state index in [9.17, 15) is 9.59 Å². The van der Waals surface area contributed by atoms with Gasteiger partial charge in [0.25, 0.3) is 0 Å². The molecule has 0 bridgehead atoms. The van der Waals surface area contributed by atoms with E-state index in [0.29, 0.717) is 35.8 Å². The van der Waals surface area contributed by atoms with Crippen LogP contribution < -0.4 is 9.47 Å². The number of rotatable bonds is 11. The van der Waals surface area contributed by atoms with Gasteiger partial charge in [-0.05, 0) is 81.9 Å². The molecular weight excluding hydrogens is 686 g/mol. The lowest BCUT2D eigenvalue weighted by Gasteiger charge is -2.21. The van der Waals surface area contributed by atoms with E-state index in [0.717, 1.165) is 52.4 Å². The third-order valence-corrected chi connectivity index (χ3v) is 7.77. The van der Waals surface area contributed by atoms with E-state index in [4.69, 9.17) is 18.9 Å². The summed E-state index contributed by atoms with van der Waals surface area (Å²) in [5.41, 5.74) is 2.75. The minimum atomic E-state index is 0.0589. The van der Waals surface area contributed by atoms with Crippen molar-refractivity contribution < 1.29 is 28.5 Å². The summed E-state index contributed by atoms with van der Waals surface area (Å²) in [5.74, 6) is 1.18. The average Bonchev–Trinajstić information content (AvgIpc) is 2.90. The number of benzene rings is 4. The predicted octanol–water partition coefficient (Wildman–Crippen LogP) is 7.24. The number of aldehydes is 2. The molecular formula is C28H24I2O6. The van der Waals surface area contributed by atoms with Crippen molar-refractivity contribution in [3.05, 3.63) is 66.8 Å². The Morgan fingerprint density at radius 1 is 0.694 bits per heavy atom. The molecule has 0 aromatic heterocycles. The summed E-state index contributed by atoms with van der Waals surface area (Å²) in [6, 6.07) is 15.2. The highest BCUT2D eigenvalue weighted by Crippen LogP contribution is 2.47. The molecule has 0 aliphatic carbocycles. The highest BCUT2D eigenvalue weighted by atomic mass is 127. The number of ether oxygens (including phenoxy) is 4. The molecule has 0 N–H and O–H groups in total. The van der Waals surface area contributed by atoms with E-state index in [1.165, 1.54) is 0 Å². The van der Waals surface area contributed by atoms with Crippen molar-refractivity contribution in [2.75, 3.05) is 26.8 Å². The number of carbonyl (C=O) groups is 2. The second-order valence-corrected chi connectivity index (χ2v) is 9.93. The van der Waals surface area contributed by atoms with Gasteiger partial charge < -0.3 is 18.9 Å². The Balaban J connectivity index is 2.06. The molecule has 0 saturated heterocycles. The fraction of sp³-hybridized carbons (Fsp3) is 0.214. The molecule has 0 heterocycles. The van der Waals surface area contributed by atoms with E-state index >= 15 is 0 Å². The SMILES string of the molecule is CCOCOc1c(-c2cc3cccc(C=O)c3c(I)c2OCOCC)cc2cccc(C=O)c2c1I. The van der Waals surface area contributed by atoms with Crippen LogP contribution in [0.25, 0.3) is 32.7 Å². The Bertz CT molecular complexity index is 1320. The Kier molecular flexibility index (Phi) is 9.15. The van der Waals surface area contributed by atoms with Crippen LogP contribution in [0.1, 0.15) is 34.6 Å². The molecule has 0 radical (unpaired) electrons. The molecule has 0 saturated carbocycles. The van der Waals surface area contributed by atoms with Crippen LogP contribution in [0.4, 0.5) is 0 Å². The summed E-state index contributed by atoms with van der Waals surface area (Å²) in [5, 5.41) is 3.43. The van der Waals surface area contributed by atoms with Gasteiger partial charge in [-0.25, -0.2) is 0 Å². The van der Waals surface area contributed by atoms with E-state index < -0.39 is 0 Å². The van der Waals surface area contributed by atoms with Crippen LogP contribution >= 0.6 is 45.2 Å². The molecule has 36 heavy (non-hydrogen) atoms. The van der Waals surface area contributed by atoms with Gasteiger partial charge in [0.1, 0.15) is 11.5 Å². The van der Waals surface area contributed by atoms with Crippen molar-refractivity contribution >= 4 is 79.3 Å². The fourth-order valence-electron chi connectivity index (χ4n) is 4.08. The number of hydrogen-bond donors (Lipinski definition) is 0. The minimum Gasteiger partial charge on any atom is -0.466 e. The maximum absolute atomic E-state index is 11.8. The summed E-state index contributed by atoms with van der Waals surface area (Å²) in [4.78, 5) is 23.6. The maximum atomic E-state index is 11.8. The molecule has 0 amide bonds. The monoisotopic (exact) mass is 710 g/mol. The lowest BCUT2D eigenvalue weighted by Crippen LogP contribution is -2.08. The van der Waals surface area contributed by atoms with Gasteiger partial charge in [0.2, 0.25) is 0 Å². The number of fused-ring (bicyclic) bond motifs is 2. The predicted molar refractivity (Wildman–Crippen MR) is 157 cm³/mol. The molecule has 0 fully saturated rings. The molecule has 0 unspecified atom stereocenters. The van der Waals surface area contributed by atoms with Gasteiger partial charge in [-0.15, -0.1) is 0 Å². The van der Waals surface area contributed by atoms with Gasteiger partial charge in [0.05, 0.1) is 7.14 Å². The van der Waals surface area contributed by atoms with Crippen LogP contribution in [0.2, 0.25) is 0 Å². The van der Waals surface area contributed by atoms with Gasteiger partial charge in [-0.1, -0.05) is 36.4 Å². The third kappa shape index (κ3) is 5.22. The first-order valence-electron chi connectivity index (χ1n) is 11.4. The lowest BCUT2D eigenvalue weighted by atomic mass is 9.94. The first-order chi connectivity index (χ1) is 17.5. The third-order valence-electron chi connectivity index (χ3n) is 5.71. The Morgan fingerprint density at radius 3 is 1.47 bits per heavy atom. The molecule has 0 spiro atoms. The van der Waals surface area contributed by atoms with Crippen molar-refractivity contribution in [3.8, 4) is 22.6 Å². The molecule has 186 valence electrons. The van der Waals surface area contributed by atoms with Gasteiger partial charge in [-0.3, -0.25) is 9.59 Å². The van der Waals surface area contributed by atoms with Crippen LogP contribution in [0.5, 0.6) is 11.5 Å². The van der Waals surface area contributed by atoms with Crippen LogP contribution in [-0.2, 0) is 9.47 Å². The second kappa shape index (κ2) is 12.3. The van der Waals surface area contributed by atoms with E-state index in [1.54, 1.807) is 12.1 Å². The quantitative estimate of drug-likeness (QED) is 0.0708. The first-order valence-corrected chi connectivity index (χ1v) is 13.5. The highest BCUT2D eigenvalue weighted by Gasteiger charge is 2.23. The molecule has 4 aromatic rings. The summed E-state index contributed by atoms with van der Waals surface area (Å²) < 4.78 is 24.9.